The van der Waals surface area contributed by atoms with Crippen LogP contribution in [0.25, 0.3) is 0 Å². The number of rotatable bonds is 1. The molecule has 3 rings (SSSR count). The third kappa shape index (κ3) is 1.86. The SMILES string of the molecule is CC1=CC=C/C1=C1/N[C@@H](c2ccccc2)CO1. The highest BCUT2D eigenvalue weighted by molar-refractivity contribution is 5.49. The van der Waals surface area contributed by atoms with Crippen molar-refractivity contribution in [2.75, 3.05) is 6.61 Å². The van der Waals surface area contributed by atoms with E-state index in [9.17, 15) is 0 Å². The summed E-state index contributed by atoms with van der Waals surface area (Å²) in [7, 11) is 0. The third-order valence-electron chi connectivity index (χ3n) is 3.18. The zero-order chi connectivity index (χ0) is 11.7. The van der Waals surface area contributed by atoms with Gasteiger partial charge in [-0.15, -0.1) is 0 Å². The minimum Gasteiger partial charge on any atom is -0.476 e. The van der Waals surface area contributed by atoms with Crippen LogP contribution in [0.3, 0.4) is 0 Å². The van der Waals surface area contributed by atoms with E-state index in [0.29, 0.717) is 6.61 Å². The molecule has 1 aliphatic carbocycles. The first kappa shape index (κ1) is 10.2. The van der Waals surface area contributed by atoms with Gasteiger partial charge in [-0.3, -0.25) is 0 Å². The molecule has 1 saturated heterocycles. The Labute approximate surface area is 101 Å². The highest BCUT2D eigenvalue weighted by atomic mass is 16.5. The van der Waals surface area contributed by atoms with Crippen molar-refractivity contribution in [1.29, 1.82) is 0 Å². The maximum Gasteiger partial charge on any atom is 0.195 e. The van der Waals surface area contributed by atoms with Crippen LogP contribution in [0.2, 0.25) is 0 Å². The molecule has 0 radical (unpaired) electrons. The molecule has 17 heavy (non-hydrogen) atoms. The molecule has 0 saturated carbocycles. The van der Waals surface area contributed by atoms with E-state index >= 15 is 0 Å². The lowest BCUT2D eigenvalue weighted by atomic mass is 10.1. The van der Waals surface area contributed by atoms with E-state index in [1.54, 1.807) is 0 Å². The van der Waals surface area contributed by atoms with Gasteiger partial charge in [-0.2, -0.15) is 0 Å². The van der Waals surface area contributed by atoms with Gasteiger partial charge in [0.2, 0.25) is 0 Å². The molecule has 0 aromatic heterocycles. The molecule has 1 fully saturated rings. The Kier molecular flexibility index (Phi) is 2.48. The number of hydrogen-bond donors (Lipinski definition) is 1. The van der Waals surface area contributed by atoms with Crippen molar-refractivity contribution in [3.05, 3.63) is 71.2 Å². The fourth-order valence-electron chi connectivity index (χ4n) is 2.19. The Balaban J connectivity index is 1.84. The minimum atomic E-state index is 0.264. The monoisotopic (exact) mass is 225 g/mol. The molecule has 1 aliphatic heterocycles. The average molecular weight is 225 g/mol. The van der Waals surface area contributed by atoms with E-state index in [-0.39, 0.29) is 6.04 Å². The Morgan fingerprint density at radius 1 is 1.24 bits per heavy atom. The minimum absolute atomic E-state index is 0.264. The summed E-state index contributed by atoms with van der Waals surface area (Å²) in [5.41, 5.74) is 3.69. The van der Waals surface area contributed by atoms with Gasteiger partial charge in [-0.25, -0.2) is 0 Å². The predicted octanol–water partition coefficient (Wildman–Crippen LogP) is 3.08. The highest BCUT2D eigenvalue weighted by Gasteiger charge is 2.24. The van der Waals surface area contributed by atoms with Crippen LogP contribution in [-0.2, 0) is 4.74 Å². The van der Waals surface area contributed by atoms with Crippen LogP contribution in [0.4, 0.5) is 0 Å². The number of benzene rings is 1. The lowest BCUT2D eigenvalue weighted by Gasteiger charge is -2.08. The molecule has 1 aromatic rings. The molecular weight excluding hydrogens is 210 g/mol. The van der Waals surface area contributed by atoms with E-state index in [1.165, 1.54) is 16.7 Å². The number of ether oxygens (including phenoxy) is 1. The van der Waals surface area contributed by atoms with E-state index < -0.39 is 0 Å². The summed E-state index contributed by atoms with van der Waals surface area (Å²) in [6.07, 6.45) is 6.24. The molecule has 2 nitrogen and oxygen atoms in total. The third-order valence-corrected chi connectivity index (χ3v) is 3.18. The molecule has 1 aromatic carbocycles. The molecule has 0 bridgehead atoms. The van der Waals surface area contributed by atoms with Crippen LogP contribution in [0.15, 0.2) is 65.6 Å². The average Bonchev–Trinajstić information content (AvgIpc) is 2.98. The van der Waals surface area contributed by atoms with Crippen LogP contribution in [0, 0.1) is 0 Å². The number of nitrogens with one attached hydrogen (secondary N) is 1. The molecule has 1 N–H and O–H groups in total. The lowest BCUT2D eigenvalue weighted by Crippen LogP contribution is -2.14. The van der Waals surface area contributed by atoms with Gasteiger partial charge in [0.1, 0.15) is 6.61 Å². The quantitative estimate of drug-likeness (QED) is 0.793. The van der Waals surface area contributed by atoms with E-state index in [2.05, 4.69) is 54.7 Å². The molecule has 0 unspecified atom stereocenters. The summed E-state index contributed by atoms with van der Waals surface area (Å²) in [5.74, 6) is 0.904. The van der Waals surface area contributed by atoms with Crippen molar-refractivity contribution in [2.45, 2.75) is 13.0 Å². The topological polar surface area (TPSA) is 21.3 Å². The first-order valence-corrected chi connectivity index (χ1v) is 5.88. The van der Waals surface area contributed by atoms with Crippen LogP contribution < -0.4 is 5.32 Å². The van der Waals surface area contributed by atoms with Crippen molar-refractivity contribution in [1.82, 2.24) is 5.32 Å². The molecule has 1 heterocycles. The Morgan fingerprint density at radius 2 is 2.06 bits per heavy atom. The maximum atomic E-state index is 5.75. The Hall–Kier alpha value is -1.96. The molecule has 1 atom stereocenters. The first-order valence-electron chi connectivity index (χ1n) is 5.88. The van der Waals surface area contributed by atoms with Crippen molar-refractivity contribution in [3.63, 3.8) is 0 Å². The van der Waals surface area contributed by atoms with E-state index in [1.807, 2.05) is 6.07 Å². The van der Waals surface area contributed by atoms with Crippen LogP contribution in [-0.4, -0.2) is 6.61 Å². The molecule has 0 spiro atoms. The van der Waals surface area contributed by atoms with Gasteiger partial charge in [0.05, 0.1) is 6.04 Å². The lowest BCUT2D eigenvalue weighted by molar-refractivity contribution is 0.253. The van der Waals surface area contributed by atoms with Gasteiger partial charge < -0.3 is 10.1 Å². The molecule has 2 aliphatic rings. The fraction of sp³-hybridized carbons (Fsp3) is 0.200. The van der Waals surface area contributed by atoms with E-state index in [0.717, 1.165) is 5.88 Å². The van der Waals surface area contributed by atoms with Crippen LogP contribution in [0.5, 0.6) is 0 Å². The van der Waals surface area contributed by atoms with Gasteiger partial charge >= 0.3 is 0 Å². The van der Waals surface area contributed by atoms with Gasteiger partial charge in [0.15, 0.2) is 5.88 Å². The second-order valence-corrected chi connectivity index (χ2v) is 4.37. The molecule has 2 heteroatoms. The maximum absolute atomic E-state index is 5.75. The summed E-state index contributed by atoms with van der Waals surface area (Å²) < 4.78 is 5.75. The van der Waals surface area contributed by atoms with Gasteiger partial charge in [-0.05, 0) is 24.1 Å². The highest BCUT2D eigenvalue weighted by Crippen LogP contribution is 2.28. The number of allylic oxidation sites excluding steroid dienone is 5. The van der Waals surface area contributed by atoms with Crippen molar-refractivity contribution < 1.29 is 4.74 Å². The van der Waals surface area contributed by atoms with Gasteiger partial charge in [-0.1, -0.05) is 42.5 Å². The fourth-order valence-corrected chi connectivity index (χ4v) is 2.19. The second kappa shape index (κ2) is 4.13. The largest absolute Gasteiger partial charge is 0.476 e. The molecular formula is C15H15NO. The normalized spacial score (nSPS) is 26.6. The second-order valence-electron chi connectivity index (χ2n) is 4.37. The van der Waals surface area contributed by atoms with Crippen LogP contribution in [0.1, 0.15) is 18.5 Å². The van der Waals surface area contributed by atoms with Gasteiger partial charge in [0.25, 0.3) is 0 Å². The first-order chi connectivity index (χ1) is 8.34. The summed E-state index contributed by atoms with van der Waals surface area (Å²) in [6.45, 7) is 2.80. The summed E-state index contributed by atoms with van der Waals surface area (Å²) in [5, 5.41) is 3.44. The summed E-state index contributed by atoms with van der Waals surface area (Å²) in [4.78, 5) is 0. The van der Waals surface area contributed by atoms with Crippen LogP contribution >= 0.6 is 0 Å². The zero-order valence-corrected chi connectivity index (χ0v) is 9.81. The summed E-state index contributed by atoms with van der Waals surface area (Å²) in [6, 6.07) is 10.7. The predicted molar refractivity (Wildman–Crippen MR) is 68.2 cm³/mol. The zero-order valence-electron chi connectivity index (χ0n) is 9.81. The Morgan fingerprint density at radius 3 is 2.76 bits per heavy atom. The summed E-state index contributed by atoms with van der Waals surface area (Å²) >= 11 is 0. The van der Waals surface area contributed by atoms with E-state index in [4.69, 9.17) is 4.74 Å². The van der Waals surface area contributed by atoms with Crippen molar-refractivity contribution in [3.8, 4) is 0 Å². The molecule has 86 valence electrons. The molecule has 0 amide bonds. The number of hydrogen-bond acceptors (Lipinski definition) is 2. The standard InChI is InChI=1S/C15H15NO/c1-11-6-5-9-13(11)15-16-14(10-17-15)12-7-3-2-4-8-12/h2-9,14,16H,10H2,1H3/b15-13+/t14-/m1/s1. The van der Waals surface area contributed by atoms with Gasteiger partial charge in [0, 0.05) is 5.57 Å². The Bertz CT molecular complexity index is 511. The smallest absolute Gasteiger partial charge is 0.195 e. The van der Waals surface area contributed by atoms with Crippen molar-refractivity contribution in [2.24, 2.45) is 0 Å². The van der Waals surface area contributed by atoms with Crippen molar-refractivity contribution >= 4 is 0 Å².